The number of nitrogens with zero attached hydrogens (tertiary/aromatic N) is 1. The number of piperidine rings is 1. The van der Waals surface area contributed by atoms with E-state index >= 15 is 0 Å². The van der Waals surface area contributed by atoms with Crippen molar-refractivity contribution in [2.24, 2.45) is 5.92 Å². The highest BCUT2D eigenvalue weighted by molar-refractivity contribution is 4.81. The molecule has 1 fully saturated rings. The Balaban J connectivity index is 2.26. The molecule has 102 valence electrons. The molecule has 1 aliphatic heterocycles. The lowest BCUT2D eigenvalue weighted by atomic mass is 9.97. The Labute approximate surface area is 107 Å². The minimum Gasteiger partial charge on any atom is -0.390 e. The summed E-state index contributed by atoms with van der Waals surface area (Å²) < 4.78 is 0. The molecule has 0 spiro atoms. The summed E-state index contributed by atoms with van der Waals surface area (Å²) >= 11 is 0. The first-order chi connectivity index (χ1) is 8.00. The quantitative estimate of drug-likeness (QED) is 0.746. The van der Waals surface area contributed by atoms with Gasteiger partial charge in [-0.15, -0.1) is 0 Å². The van der Waals surface area contributed by atoms with Crippen molar-refractivity contribution in [2.75, 3.05) is 19.6 Å². The second-order valence-corrected chi connectivity index (χ2v) is 6.03. The molecule has 3 atom stereocenters. The number of hydrogen-bond donors (Lipinski definition) is 2. The molecule has 17 heavy (non-hydrogen) atoms. The first kappa shape index (κ1) is 14.9. The fraction of sp³-hybridized carbons (Fsp3) is 1.00. The lowest BCUT2D eigenvalue weighted by molar-refractivity contribution is 0.0416. The van der Waals surface area contributed by atoms with E-state index in [9.17, 15) is 5.11 Å². The molecular weight excluding hydrogens is 212 g/mol. The molecule has 1 heterocycles. The Morgan fingerprint density at radius 3 is 2.29 bits per heavy atom. The first-order valence-electron chi connectivity index (χ1n) is 7.15. The van der Waals surface area contributed by atoms with Crippen LogP contribution in [-0.2, 0) is 0 Å². The van der Waals surface area contributed by atoms with Crippen LogP contribution in [0.3, 0.4) is 0 Å². The number of likely N-dealkylation sites (tertiary alicyclic amines) is 1. The lowest BCUT2D eigenvalue weighted by Gasteiger charge is -2.40. The van der Waals surface area contributed by atoms with Crippen LogP contribution in [0.5, 0.6) is 0 Å². The van der Waals surface area contributed by atoms with Gasteiger partial charge in [-0.05, 0) is 39.2 Å². The Bertz CT molecular complexity index is 198. The van der Waals surface area contributed by atoms with Crippen molar-refractivity contribution in [3.8, 4) is 0 Å². The van der Waals surface area contributed by atoms with E-state index in [4.69, 9.17) is 0 Å². The molecule has 0 aromatic heterocycles. The maximum atomic E-state index is 10.0. The van der Waals surface area contributed by atoms with Crippen LogP contribution < -0.4 is 5.32 Å². The van der Waals surface area contributed by atoms with Crippen LogP contribution >= 0.6 is 0 Å². The van der Waals surface area contributed by atoms with Gasteiger partial charge in [0.2, 0.25) is 0 Å². The molecule has 3 nitrogen and oxygen atoms in total. The maximum Gasteiger partial charge on any atom is 0.0791 e. The van der Waals surface area contributed by atoms with Gasteiger partial charge < -0.3 is 10.4 Å². The van der Waals surface area contributed by atoms with Crippen LogP contribution in [0, 0.1) is 5.92 Å². The van der Waals surface area contributed by atoms with E-state index in [1.165, 1.54) is 19.3 Å². The van der Waals surface area contributed by atoms with Gasteiger partial charge in [-0.25, -0.2) is 0 Å². The number of rotatable bonds is 6. The summed E-state index contributed by atoms with van der Waals surface area (Å²) in [7, 11) is 0. The molecule has 0 aliphatic carbocycles. The van der Waals surface area contributed by atoms with Crippen LogP contribution in [0.15, 0.2) is 0 Å². The highest BCUT2D eigenvalue weighted by atomic mass is 16.3. The number of β-amino-alcohol motifs (C(OH)–C–C–N with tert-alkyl or cyclic N) is 1. The molecule has 1 unspecified atom stereocenters. The smallest absolute Gasteiger partial charge is 0.0791 e. The van der Waals surface area contributed by atoms with Gasteiger partial charge in [0, 0.05) is 25.2 Å². The summed E-state index contributed by atoms with van der Waals surface area (Å²) in [6.45, 7) is 11.5. The monoisotopic (exact) mass is 242 g/mol. The minimum atomic E-state index is -0.239. The van der Waals surface area contributed by atoms with Gasteiger partial charge in [0.15, 0.2) is 0 Å². The molecule has 1 rings (SSSR count). The Hall–Kier alpha value is -0.120. The normalized spacial score (nSPS) is 28.6. The van der Waals surface area contributed by atoms with Crippen LogP contribution in [0.25, 0.3) is 0 Å². The average Bonchev–Trinajstić information content (AvgIpc) is 2.23. The standard InChI is InChI=1S/C14H30N2O/c1-11(2)8-15-9-14(17)10-16-12(3)6-5-7-13(16)4/h11-15,17H,5-10H2,1-4H3/t12-,13+,14?. The minimum absolute atomic E-state index is 0.239. The molecule has 2 N–H and O–H groups in total. The van der Waals surface area contributed by atoms with Gasteiger partial charge >= 0.3 is 0 Å². The van der Waals surface area contributed by atoms with E-state index < -0.39 is 0 Å². The predicted molar refractivity (Wildman–Crippen MR) is 73.2 cm³/mol. The highest BCUT2D eigenvalue weighted by Gasteiger charge is 2.26. The van der Waals surface area contributed by atoms with Crippen molar-refractivity contribution >= 4 is 0 Å². The SMILES string of the molecule is CC(C)CNCC(O)CN1[C@H](C)CCC[C@@H]1C. The second kappa shape index (κ2) is 7.34. The molecule has 0 aromatic carbocycles. The third-order valence-corrected chi connectivity index (χ3v) is 3.73. The van der Waals surface area contributed by atoms with Crippen LogP contribution in [0.1, 0.15) is 47.0 Å². The van der Waals surface area contributed by atoms with Crippen molar-refractivity contribution in [1.82, 2.24) is 10.2 Å². The van der Waals surface area contributed by atoms with E-state index in [2.05, 4.69) is 37.9 Å². The Morgan fingerprint density at radius 1 is 1.18 bits per heavy atom. The third-order valence-electron chi connectivity index (χ3n) is 3.73. The number of aliphatic hydroxyl groups is 1. The van der Waals surface area contributed by atoms with Gasteiger partial charge in [-0.1, -0.05) is 20.3 Å². The molecule has 0 bridgehead atoms. The highest BCUT2D eigenvalue weighted by Crippen LogP contribution is 2.22. The molecule has 0 saturated carbocycles. The number of aliphatic hydroxyl groups excluding tert-OH is 1. The largest absolute Gasteiger partial charge is 0.390 e. The molecule has 3 heteroatoms. The van der Waals surface area contributed by atoms with E-state index in [0.29, 0.717) is 24.5 Å². The fourth-order valence-electron chi connectivity index (χ4n) is 2.68. The van der Waals surface area contributed by atoms with E-state index in [-0.39, 0.29) is 6.10 Å². The summed E-state index contributed by atoms with van der Waals surface area (Å²) in [6.07, 6.45) is 3.64. The van der Waals surface area contributed by atoms with Crippen molar-refractivity contribution in [3.05, 3.63) is 0 Å². The zero-order valence-corrected chi connectivity index (χ0v) is 11.9. The van der Waals surface area contributed by atoms with Gasteiger partial charge in [0.05, 0.1) is 6.10 Å². The van der Waals surface area contributed by atoms with Crippen molar-refractivity contribution in [2.45, 2.75) is 65.1 Å². The van der Waals surface area contributed by atoms with Crippen LogP contribution in [0.2, 0.25) is 0 Å². The topological polar surface area (TPSA) is 35.5 Å². The zero-order valence-electron chi connectivity index (χ0n) is 11.9. The molecule has 0 aromatic rings. The van der Waals surface area contributed by atoms with E-state index in [1.54, 1.807) is 0 Å². The predicted octanol–water partition coefficient (Wildman–Crippen LogP) is 1.86. The van der Waals surface area contributed by atoms with Crippen molar-refractivity contribution in [3.63, 3.8) is 0 Å². The fourth-order valence-corrected chi connectivity index (χ4v) is 2.68. The summed E-state index contributed by atoms with van der Waals surface area (Å²) in [5.41, 5.74) is 0. The van der Waals surface area contributed by atoms with Gasteiger partial charge in [0.25, 0.3) is 0 Å². The first-order valence-corrected chi connectivity index (χ1v) is 7.15. The summed E-state index contributed by atoms with van der Waals surface area (Å²) in [5.74, 6) is 0.648. The second-order valence-electron chi connectivity index (χ2n) is 6.03. The molecule has 0 radical (unpaired) electrons. The average molecular weight is 242 g/mol. The van der Waals surface area contributed by atoms with Crippen LogP contribution in [-0.4, -0.2) is 47.8 Å². The summed E-state index contributed by atoms with van der Waals surface area (Å²) in [4.78, 5) is 2.46. The van der Waals surface area contributed by atoms with Gasteiger partial charge in [-0.3, -0.25) is 4.90 Å². The molecule has 0 amide bonds. The van der Waals surface area contributed by atoms with E-state index in [0.717, 1.165) is 13.1 Å². The third kappa shape index (κ3) is 5.36. The molecular formula is C14H30N2O. The number of nitrogens with one attached hydrogen (secondary N) is 1. The van der Waals surface area contributed by atoms with E-state index in [1.807, 2.05) is 0 Å². The maximum absolute atomic E-state index is 10.0. The van der Waals surface area contributed by atoms with Gasteiger partial charge in [-0.2, -0.15) is 0 Å². The summed E-state index contributed by atoms with van der Waals surface area (Å²) in [5, 5.41) is 13.4. The molecule has 1 aliphatic rings. The van der Waals surface area contributed by atoms with Crippen LogP contribution in [0.4, 0.5) is 0 Å². The van der Waals surface area contributed by atoms with Crippen molar-refractivity contribution < 1.29 is 5.11 Å². The molecule has 1 saturated heterocycles. The Morgan fingerprint density at radius 2 is 1.76 bits per heavy atom. The number of hydrogen-bond acceptors (Lipinski definition) is 3. The Kier molecular flexibility index (Phi) is 6.45. The van der Waals surface area contributed by atoms with Crippen molar-refractivity contribution in [1.29, 1.82) is 0 Å². The van der Waals surface area contributed by atoms with Gasteiger partial charge in [0.1, 0.15) is 0 Å². The zero-order chi connectivity index (χ0) is 12.8. The summed E-state index contributed by atoms with van der Waals surface area (Å²) in [6, 6.07) is 1.25. The lowest BCUT2D eigenvalue weighted by Crippen LogP contribution is -2.49.